The molecule has 8 heteroatoms. The lowest BCUT2D eigenvalue weighted by Crippen LogP contribution is -2.64. The minimum absolute atomic E-state index is 0.547. The SMILES string of the molecule is CC1(C)[C@@H](C(=O)OC(c2ccccc2)c2ccccc2)N2C(=O)[C@@H](CO)[C@H]2S1(=O)=O. The van der Waals surface area contributed by atoms with Gasteiger partial charge in [-0.05, 0) is 25.0 Å². The van der Waals surface area contributed by atoms with Gasteiger partial charge in [-0.2, -0.15) is 0 Å². The van der Waals surface area contributed by atoms with E-state index in [1.807, 2.05) is 60.7 Å². The van der Waals surface area contributed by atoms with E-state index in [4.69, 9.17) is 4.74 Å². The van der Waals surface area contributed by atoms with Crippen LogP contribution in [0, 0.1) is 5.92 Å². The fourth-order valence-corrected chi connectivity index (χ4v) is 6.63. The molecule has 0 saturated carbocycles. The molecule has 2 aromatic carbocycles. The van der Waals surface area contributed by atoms with E-state index in [2.05, 4.69) is 0 Å². The van der Waals surface area contributed by atoms with Crippen molar-refractivity contribution in [1.29, 1.82) is 0 Å². The first-order valence-corrected chi connectivity index (χ1v) is 11.2. The third-order valence-electron chi connectivity index (χ3n) is 6.04. The number of hydrogen-bond donors (Lipinski definition) is 1. The van der Waals surface area contributed by atoms with Gasteiger partial charge in [-0.15, -0.1) is 0 Å². The van der Waals surface area contributed by atoms with Crippen molar-refractivity contribution in [2.75, 3.05) is 6.61 Å². The van der Waals surface area contributed by atoms with Gasteiger partial charge in [0.05, 0.1) is 17.3 Å². The summed E-state index contributed by atoms with van der Waals surface area (Å²) in [4.78, 5) is 26.8. The normalized spacial score (nSPS) is 26.2. The first kappa shape index (κ1) is 20.6. The average Bonchev–Trinajstić information content (AvgIpc) is 2.88. The third-order valence-corrected chi connectivity index (χ3v) is 8.92. The van der Waals surface area contributed by atoms with Crippen LogP contribution in [0.1, 0.15) is 31.1 Å². The monoisotopic (exact) mass is 429 g/mol. The Bertz CT molecular complexity index is 1030. The molecule has 2 aliphatic heterocycles. The molecule has 4 rings (SSSR count). The smallest absolute Gasteiger partial charge is 0.331 e. The van der Waals surface area contributed by atoms with Crippen molar-refractivity contribution >= 4 is 21.7 Å². The maximum absolute atomic E-state index is 13.3. The number of β-lactam (4-membered cyclic amide) rings is 1. The summed E-state index contributed by atoms with van der Waals surface area (Å²) in [5, 5.41) is 8.25. The Kier molecular flexibility index (Phi) is 4.94. The van der Waals surface area contributed by atoms with E-state index in [1.165, 1.54) is 13.8 Å². The van der Waals surface area contributed by atoms with Crippen LogP contribution < -0.4 is 0 Å². The van der Waals surface area contributed by atoms with Gasteiger partial charge in [0.1, 0.15) is 11.4 Å². The zero-order valence-electron chi connectivity index (χ0n) is 16.6. The van der Waals surface area contributed by atoms with Crippen LogP contribution in [0.15, 0.2) is 60.7 Å². The third kappa shape index (κ3) is 2.86. The van der Waals surface area contributed by atoms with Gasteiger partial charge in [-0.25, -0.2) is 13.2 Å². The summed E-state index contributed by atoms with van der Waals surface area (Å²) < 4.78 is 30.3. The zero-order valence-corrected chi connectivity index (χ0v) is 17.5. The summed E-state index contributed by atoms with van der Waals surface area (Å²) in [7, 11) is -3.87. The Hall–Kier alpha value is -2.71. The Balaban J connectivity index is 1.70. The van der Waals surface area contributed by atoms with Crippen LogP contribution in [0.5, 0.6) is 0 Å². The van der Waals surface area contributed by atoms with Gasteiger partial charge in [0, 0.05) is 0 Å². The van der Waals surface area contributed by atoms with Crippen molar-refractivity contribution in [1.82, 2.24) is 4.90 Å². The van der Waals surface area contributed by atoms with E-state index in [1.54, 1.807) is 0 Å². The van der Waals surface area contributed by atoms with E-state index < -0.39 is 56.5 Å². The number of sulfone groups is 1. The number of rotatable bonds is 5. The molecule has 2 saturated heterocycles. The fraction of sp³-hybridized carbons (Fsp3) is 0.364. The van der Waals surface area contributed by atoms with Crippen molar-refractivity contribution in [2.45, 2.75) is 36.1 Å². The molecule has 0 spiro atoms. The lowest BCUT2D eigenvalue weighted by atomic mass is 9.92. The number of fused-ring (bicyclic) bond motifs is 1. The highest BCUT2D eigenvalue weighted by molar-refractivity contribution is 7.93. The van der Waals surface area contributed by atoms with Gasteiger partial charge in [0.15, 0.2) is 15.9 Å². The number of ether oxygens (including phenoxy) is 1. The van der Waals surface area contributed by atoms with E-state index in [-0.39, 0.29) is 0 Å². The molecule has 2 aromatic rings. The Morgan fingerprint density at radius 3 is 2.03 bits per heavy atom. The molecular formula is C22H23NO6S. The van der Waals surface area contributed by atoms with Crippen LogP contribution in [-0.2, 0) is 24.2 Å². The maximum atomic E-state index is 13.3. The zero-order chi connectivity index (χ0) is 21.7. The second-order valence-corrected chi connectivity index (χ2v) is 10.7. The molecule has 3 atom stereocenters. The van der Waals surface area contributed by atoms with Gasteiger partial charge in [0.2, 0.25) is 5.91 Å². The summed E-state index contributed by atoms with van der Waals surface area (Å²) >= 11 is 0. The number of aliphatic hydroxyl groups is 1. The number of carbonyl (C=O) groups is 2. The Labute approximate surface area is 175 Å². The second-order valence-electron chi connectivity index (χ2n) is 8.11. The maximum Gasteiger partial charge on any atom is 0.331 e. The van der Waals surface area contributed by atoms with Gasteiger partial charge in [-0.1, -0.05) is 60.7 Å². The Morgan fingerprint density at radius 2 is 1.57 bits per heavy atom. The van der Waals surface area contributed by atoms with E-state index in [0.717, 1.165) is 16.0 Å². The number of nitrogens with zero attached hydrogens (tertiary/aromatic N) is 1. The fourth-order valence-electron chi connectivity index (χ4n) is 4.32. The van der Waals surface area contributed by atoms with Gasteiger partial charge >= 0.3 is 5.97 Å². The van der Waals surface area contributed by atoms with Crippen LogP contribution in [0.2, 0.25) is 0 Å². The quantitative estimate of drug-likeness (QED) is 0.573. The number of carbonyl (C=O) groups excluding carboxylic acids is 2. The molecule has 2 heterocycles. The van der Waals surface area contributed by atoms with Crippen molar-refractivity contribution in [3.8, 4) is 0 Å². The first-order chi connectivity index (χ1) is 14.2. The summed E-state index contributed by atoms with van der Waals surface area (Å²) in [6.07, 6.45) is -0.748. The number of benzene rings is 2. The van der Waals surface area contributed by atoms with Crippen molar-refractivity contribution in [3.63, 3.8) is 0 Å². The summed E-state index contributed by atoms with van der Waals surface area (Å²) in [5.41, 5.74) is 1.46. The standard InChI is InChI=1S/C22H23NO6S/c1-22(2)18(23-19(25)16(13-24)20(23)30(22,27)28)21(26)29-17(14-9-5-3-6-10-14)15-11-7-4-8-12-15/h3-12,16-18,20,24H,13H2,1-2H3/t16-,18-,20-/m1/s1. The van der Waals surface area contributed by atoms with Crippen molar-refractivity contribution in [3.05, 3.63) is 71.8 Å². The topological polar surface area (TPSA) is 101 Å². The first-order valence-electron chi connectivity index (χ1n) is 9.68. The number of hydrogen-bond acceptors (Lipinski definition) is 6. The van der Waals surface area contributed by atoms with Crippen LogP contribution >= 0.6 is 0 Å². The predicted molar refractivity (Wildman–Crippen MR) is 109 cm³/mol. The molecule has 158 valence electrons. The van der Waals surface area contributed by atoms with Crippen molar-refractivity contribution in [2.24, 2.45) is 5.92 Å². The highest BCUT2D eigenvalue weighted by Gasteiger charge is 2.72. The minimum atomic E-state index is -3.87. The number of aliphatic hydroxyl groups excluding tert-OH is 1. The van der Waals surface area contributed by atoms with E-state index in [0.29, 0.717) is 0 Å². The van der Waals surface area contributed by atoms with Crippen LogP contribution in [0.3, 0.4) is 0 Å². The molecule has 0 unspecified atom stereocenters. The minimum Gasteiger partial charge on any atom is -0.451 e. The molecule has 7 nitrogen and oxygen atoms in total. The summed E-state index contributed by atoms with van der Waals surface area (Å²) in [6, 6.07) is 17.0. The summed E-state index contributed by atoms with van der Waals surface area (Å²) in [5.74, 6) is -2.37. The molecule has 0 radical (unpaired) electrons. The van der Waals surface area contributed by atoms with Crippen LogP contribution in [0.25, 0.3) is 0 Å². The predicted octanol–water partition coefficient (Wildman–Crippen LogP) is 1.67. The average molecular weight is 429 g/mol. The highest BCUT2D eigenvalue weighted by Crippen LogP contribution is 2.49. The number of amides is 1. The summed E-state index contributed by atoms with van der Waals surface area (Å²) in [6.45, 7) is 2.27. The second kappa shape index (κ2) is 7.21. The highest BCUT2D eigenvalue weighted by atomic mass is 32.2. The molecular weight excluding hydrogens is 406 g/mol. The molecule has 2 aliphatic rings. The number of esters is 1. The van der Waals surface area contributed by atoms with E-state index in [9.17, 15) is 23.1 Å². The van der Waals surface area contributed by atoms with Gasteiger partial charge in [-0.3, -0.25) is 4.79 Å². The van der Waals surface area contributed by atoms with Gasteiger partial charge < -0.3 is 14.7 Å². The van der Waals surface area contributed by atoms with E-state index >= 15 is 0 Å². The van der Waals surface area contributed by atoms with Crippen LogP contribution in [-0.4, -0.2) is 53.1 Å². The largest absolute Gasteiger partial charge is 0.451 e. The molecule has 0 aromatic heterocycles. The molecule has 2 fully saturated rings. The van der Waals surface area contributed by atoms with Crippen LogP contribution in [0.4, 0.5) is 0 Å². The van der Waals surface area contributed by atoms with Gasteiger partial charge in [0.25, 0.3) is 0 Å². The molecule has 30 heavy (non-hydrogen) atoms. The lowest BCUT2D eigenvalue weighted by molar-refractivity contribution is -0.170. The van der Waals surface area contributed by atoms with Crippen molar-refractivity contribution < 1.29 is 27.9 Å². The molecule has 0 bridgehead atoms. The molecule has 0 aliphatic carbocycles. The molecule has 1 N–H and O–H groups in total. The molecule has 1 amide bonds. The lowest BCUT2D eigenvalue weighted by Gasteiger charge is -2.42. The Morgan fingerprint density at radius 1 is 1.07 bits per heavy atom.